The third-order valence-electron chi connectivity index (χ3n) is 8.31. The first kappa shape index (κ1) is 23.9. The Bertz CT molecular complexity index is 839. The number of hydrogen-bond donors (Lipinski definition) is 1. The molecule has 5 rings (SSSR count). The molecule has 2 aliphatic carbocycles. The highest BCUT2D eigenvalue weighted by Gasteiger charge is 2.43. The molecule has 1 aromatic carbocycles. The van der Waals surface area contributed by atoms with Gasteiger partial charge in [0, 0.05) is 43.3 Å². The largest absolute Gasteiger partial charge is 0.497 e. The average molecular weight is 472 g/mol. The Morgan fingerprint density at radius 1 is 1.12 bits per heavy atom. The second-order valence-corrected chi connectivity index (χ2v) is 10.5. The normalized spacial score (nSPS) is 26.0. The molecule has 34 heavy (non-hydrogen) atoms. The average Bonchev–Trinajstić information content (AvgIpc) is 3.69. The summed E-state index contributed by atoms with van der Waals surface area (Å²) in [4.78, 5) is 19.0. The van der Waals surface area contributed by atoms with Gasteiger partial charge in [-0.25, -0.2) is 0 Å². The van der Waals surface area contributed by atoms with E-state index in [9.17, 15) is 4.79 Å². The Labute approximate surface area is 204 Å². The minimum atomic E-state index is -0.166. The second-order valence-electron chi connectivity index (χ2n) is 10.5. The standard InChI is InChI=1S/C27H41N3O4/c1-32-23-12-9-20(26(14-23)33-2)16-30(22-10-11-22)25(15-28-21-17-34-18-21)27(31)29-13-5-7-19-6-3-4-8-24(19)29/h9,12,14,19,21-22,24-25,28H,3-8,10-11,13,15-18H2,1-2H3/t19-,24+,25-/m1/s1. The van der Waals surface area contributed by atoms with Gasteiger partial charge in [0.05, 0.1) is 33.5 Å². The first-order valence-electron chi connectivity index (χ1n) is 13.3. The number of nitrogens with zero attached hydrogens (tertiary/aromatic N) is 2. The van der Waals surface area contributed by atoms with Crippen molar-refractivity contribution >= 4 is 5.91 Å². The number of carbonyl (C=O) groups is 1. The summed E-state index contributed by atoms with van der Waals surface area (Å²) in [7, 11) is 3.38. The van der Waals surface area contributed by atoms with Crippen molar-refractivity contribution in [2.75, 3.05) is 40.5 Å². The SMILES string of the molecule is COc1ccc(CN(C2CC2)[C@H](CNC2COC2)C(=O)N2CCC[C@H]3CCCC[C@@H]32)c(OC)c1. The molecule has 188 valence electrons. The van der Waals surface area contributed by atoms with Gasteiger partial charge in [-0.05, 0) is 50.5 Å². The van der Waals surface area contributed by atoms with Gasteiger partial charge in [0.15, 0.2) is 0 Å². The molecule has 4 aliphatic rings. The maximum Gasteiger partial charge on any atom is 0.241 e. The van der Waals surface area contributed by atoms with Crippen LogP contribution in [0.3, 0.4) is 0 Å². The molecule has 4 fully saturated rings. The monoisotopic (exact) mass is 471 g/mol. The lowest BCUT2D eigenvalue weighted by Gasteiger charge is -2.46. The van der Waals surface area contributed by atoms with Gasteiger partial charge >= 0.3 is 0 Å². The second kappa shape index (κ2) is 10.8. The molecule has 1 N–H and O–H groups in total. The molecule has 0 radical (unpaired) electrons. The molecule has 0 aromatic heterocycles. The minimum absolute atomic E-state index is 0.166. The van der Waals surface area contributed by atoms with Gasteiger partial charge in [0.25, 0.3) is 0 Å². The molecule has 0 bridgehead atoms. The van der Waals surface area contributed by atoms with Gasteiger partial charge in [-0.1, -0.05) is 18.9 Å². The van der Waals surface area contributed by atoms with Gasteiger partial charge in [-0.2, -0.15) is 0 Å². The van der Waals surface area contributed by atoms with E-state index in [1.165, 1.54) is 32.1 Å². The quantitative estimate of drug-likeness (QED) is 0.566. The summed E-state index contributed by atoms with van der Waals surface area (Å²) < 4.78 is 16.5. The van der Waals surface area contributed by atoms with E-state index in [1.807, 2.05) is 12.1 Å². The molecule has 2 aliphatic heterocycles. The maximum atomic E-state index is 14.3. The van der Waals surface area contributed by atoms with Crippen LogP contribution in [0.2, 0.25) is 0 Å². The van der Waals surface area contributed by atoms with Crippen molar-refractivity contribution in [3.05, 3.63) is 23.8 Å². The van der Waals surface area contributed by atoms with Crippen LogP contribution in [0.1, 0.15) is 56.9 Å². The van der Waals surface area contributed by atoms with Crippen LogP contribution in [0.4, 0.5) is 0 Å². The third-order valence-corrected chi connectivity index (χ3v) is 8.31. The molecular weight excluding hydrogens is 430 g/mol. The number of fused-ring (bicyclic) bond motifs is 1. The number of piperidine rings is 1. The number of nitrogens with one attached hydrogen (secondary N) is 1. The predicted molar refractivity (Wildman–Crippen MR) is 131 cm³/mol. The highest BCUT2D eigenvalue weighted by molar-refractivity contribution is 5.83. The molecule has 0 unspecified atom stereocenters. The van der Waals surface area contributed by atoms with Gasteiger partial charge in [0.2, 0.25) is 5.91 Å². The third kappa shape index (κ3) is 5.21. The number of carbonyl (C=O) groups excluding carboxylic acids is 1. The van der Waals surface area contributed by atoms with Crippen LogP contribution in [-0.2, 0) is 16.1 Å². The number of likely N-dealkylation sites (tertiary alicyclic amines) is 1. The number of ether oxygens (including phenoxy) is 3. The van der Waals surface area contributed by atoms with Crippen LogP contribution in [0, 0.1) is 5.92 Å². The molecular formula is C27H41N3O4. The lowest BCUT2D eigenvalue weighted by molar-refractivity contribution is -0.144. The maximum absolute atomic E-state index is 14.3. The molecule has 0 spiro atoms. The van der Waals surface area contributed by atoms with Crippen LogP contribution >= 0.6 is 0 Å². The Morgan fingerprint density at radius 2 is 1.91 bits per heavy atom. The highest BCUT2D eigenvalue weighted by atomic mass is 16.5. The molecule has 3 atom stereocenters. The summed E-state index contributed by atoms with van der Waals surface area (Å²) >= 11 is 0. The van der Waals surface area contributed by atoms with E-state index in [2.05, 4.69) is 21.2 Å². The summed E-state index contributed by atoms with van der Waals surface area (Å²) in [5.41, 5.74) is 1.11. The molecule has 7 nitrogen and oxygen atoms in total. The van der Waals surface area contributed by atoms with Crippen molar-refractivity contribution in [3.63, 3.8) is 0 Å². The zero-order valence-corrected chi connectivity index (χ0v) is 20.8. The predicted octanol–water partition coefficient (Wildman–Crippen LogP) is 3.21. The zero-order chi connectivity index (χ0) is 23.5. The van der Waals surface area contributed by atoms with Crippen LogP contribution in [0.5, 0.6) is 11.5 Å². The van der Waals surface area contributed by atoms with Gasteiger partial charge in [-0.3, -0.25) is 9.69 Å². The van der Waals surface area contributed by atoms with Crippen molar-refractivity contribution in [2.24, 2.45) is 5.92 Å². The molecule has 2 saturated carbocycles. The van der Waals surface area contributed by atoms with E-state index in [0.717, 1.165) is 56.1 Å². The lowest BCUT2D eigenvalue weighted by atomic mass is 9.78. The fourth-order valence-corrected chi connectivity index (χ4v) is 6.15. The van der Waals surface area contributed by atoms with Crippen molar-refractivity contribution in [3.8, 4) is 11.5 Å². The summed E-state index contributed by atoms with van der Waals surface area (Å²) in [5, 5.41) is 3.64. The number of hydrogen-bond acceptors (Lipinski definition) is 6. The summed E-state index contributed by atoms with van der Waals surface area (Å²) in [6.45, 7) is 3.78. The topological polar surface area (TPSA) is 63.3 Å². The first-order chi connectivity index (χ1) is 16.7. The fourth-order valence-electron chi connectivity index (χ4n) is 6.15. The van der Waals surface area contributed by atoms with E-state index >= 15 is 0 Å². The molecule has 1 amide bonds. The zero-order valence-electron chi connectivity index (χ0n) is 20.8. The van der Waals surface area contributed by atoms with Crippen molar-refractivity contribution in [1.29, 1.82) is 0 Å². The number of methoxy groups -OCH3 is 2. The van der Waals surface area contributed by atoms with E-state index in [4.69, 9.17) is 14.2 Å². The Balaban J connectivity index is 1.39. The summed E-state index contributed by atoms with van der Waals surface area (Å²) in [6.07, 6.45) is 9.76. The molecule has 1 aromatic rings. The van der Waals surface area contributed by atoms with Crippen molar-refractivity contribution < 1.29 is 19.0 Å². The number of benzene rings is 1. The fraction of sp³-hybridized carbons (Fsp3) is 0.741. The first-order valence-corrected chi connectivity index (χ1v) is 13.3. The minimum Gasteiger partial charge on any atom is -0.497 e. The van der Waals surface area contributed by atoms with Crippen LogP contribution in [0.15, 0.2) is 18.2 Å². The van der Waals surface area contributed by atoms with E-state index in [1.54, 1.807) is 14.2 Å². The highest BCUT2D eigenvalue weighted by Crippen LogP contribution is 2.38. The van der Waals surface area contributed by atoms with E-state index in [0.29, 0.717) is 43.0 Å². The number of rotatable bonds is 10. The Morgan fingerprint density at radius 3 is 2.62 bits per heavy atom. The van der Waals surface area contributed by atoms with Crippen molar-refractivity contribution in [2.45, 2.75) is 82.1 Å². The number of amides is 1. The Hall–Kier alpha value is -1.83. The van der Waals surface area contributed by atoms with E-state index < -0.39 is 0 Å². The van der Waals surface area contributed by atoms with Crippen molar-refractivity contribution in [1.82, 2.24) is 15.1 Å². The summed E-state index contributed by atoms with van der Waals surface area (Å²) in [5.74, 6) is 2.62. The lowest BCUT2D eigenvalue weighted by Crippen LogP contribution is -2.60. The molecule has 2 saturated heterocycles. The molecule has 7 heteroatoms. The smallest absolute Gasteiger partial charge is 0.241 e. The van der Waals surface area contributed by atoms with Gasteiger partial charge in [-0.15, -0.1) is 0 Å². The Kier molecular flexibility index (Phi) is 7.61. The molecule has 2 heterocycles. The van der Waals surface area contributed by atoms with Crippen LogP contribution < -0.4 is 14.8 Å². The van der Waals surface area contributed by atoms with Crippen LogP contribution in [-0.4, -0.2) is 80.4 Å². The van der Waals surface area contributed by atoms with Gasteiger partial charge < -0.3 is 24.4 Å². The van der Waals surface area contributed by atoms with Crippen LogP contribution in [0.25, 0.3) is 0 Å². The van der Waals surface area contributed by atoms with E-state index in [-0.39, 0.29) is 6.04 Å². The summed E-state index contributed by atoms with van der Waals surface area (Å²) in [6, 6.07) is 7.09. The van der Waals surface area contributed by atoms with Gasteiger partial charge in [0.1, 0.15) is 17.5 Å².